The Morgan fingerprint density at radius 1 is 1.33 bits per heavy atom. The van der Waals surface area contributed by atoms with E-state index in [-0.39, 0.29) is 5.91 Å². The Balaban J connectivity index is 1.54. The molecular formula is C15H23NOS. The minimum absolute atomic E-state index is 0.232. The zero-order valence-electron chi connectivity index (χ0n) is 11.0. The number of carbonyl (C=O) groups excluding carboxylic acids is 1. The Hall–Kier alpha value is -0.830. The standard InChI is InChI=1S/C15H23NOS/c17-15(7-6-13-4-2-1-3-5-13)16-10-8-14-9-11-18-12-14/h9,11-13H,1-8,10H2,(H,16,17). The normalized spacial score (nSPS) is 16.7. The summed E-state index contributed by atoms with van der Waals surface area (Å²) in [5, 5.41) is 7.26. The second-order valence-corrected chi connectivity index (χ2v) is 6.05. The van der Waals surface area contributed by atoms with Crippen molar-refractivity contribution >= 4 is 17.2 Å². The first kappa shape index (κ1) is 13.6. The molecule has 0 aliphatic heterocycles. The minimum Gasteiger partial charge on any atom is -0.356 e. The van der Waals surface area contributed by atoms with Gasteiger partial charge in [0.2, 0.25) is 5.91 Å². The van der Waals surface area contributed by atoms with Crippen LogP contribution >= 0.6 is 11.3 Å². The predicted octanol–water partition coefficient (Wildman–Crippen LogP) is 3.77. The van der Waals surface area contributed by atoms with E-state index in [2.05, 4.69) is 22.1 Å². The van der Waals surface area contributed by atoms with E-state index >= 15 is 0 Å². The molecule has 1 aliphatic carbocycles. The molecule has 0 spiro atoms. The van der Waals surface area contributed by atoms with Crippen LogP contribution in [-0.2, 0) is 11.2 Å². The molecule has 1 heterocycles. The third kappa shape index (κ3) is 4.81. The van der Waals surface area contributed by atoms with Crippen molar-refractivity contribution in [1.29, 1.82) is 0 Å². The van der Waals surface area contributed by atoms with E-state index in [4.69, 9.17) is 0 Å². The molecule has 0 aromatic carbocycles. The topological polar surface area (TPSA) is 29.1 Å². The van der Waals surface area contributed by atoms with Crippen molar-refractivity contribution in [3.05, 3.63) is 22.4 Å². The van der Waals surface area contributed by atoms with Crippen molar-refractivity contribution in [2.45, 2.75) is 51.4 Å². The molecule has 0 bridgehead atoms. The number of hydrogen-bond donors (Lipinski definition) is 1. The molecule has 100 valence electrons. The number of hydrogen-bond acceptors (Lipinski definition) is 2. The Labute approximate surface area is 114 Å². The molecule has 1 saturated carbocycles. The van der Waals surface area contributed by atoms with Gasteiger partial charge in [-0.15, -0.1) is 0 Å². The predicted molar refractivity (Wildman–Crippen MR) is 76.8 cm³/mol. The van der Waals surface area contributed by atoms with Crippen molar-refractivity contribution in [2.75, 3.05) is 6.54 Å². The lowest BCUT2D eigenvalue weighted by atomic mass is 9.86. The van der Waals surface area contributed by atoms with Crippen LogP contribution in [-0.4, -0.2) is 12.5 Å². The van der Waals surface area contributed by atoms with E-state index in [1.165, 1.54) is 37.7 Å². The summed E-state index contributed by atoms with van der Waals surface area (Å²) in [6, 6.07) is 2.12. The summed E-state index contributed by atoms with van der Waals surface area (Å²) in [6.45, 7) is 0.778. The first-order valence-corrected chi connectivity index (χ1v) is 8.06. The van der Waals surface area contributed by atoms with Crippen molar-refractivity contribution in [3.63, 3.8) is 0 Å². The summed E-state index contributed by atoms with van der Waals surface area (Å²) in [6.07, 6.45) is 9.56. The fourth-order valence-electron chi connectivity index (χ4n) is 2.68. The summed E-state index contributed by atoms with van der Waals surface area (Å²) in [5.74, 6) is 1.04. The van der Waals surface area contributed by atoms with Gasteiger partial charge in [-0.05, 0) is 41.1 Å². The van der Waals surface area contributed by atoms with E-state index in [9.17, 15) is 4.79 Å². The van der Waals surface area contributed by atoms with E-state index in [1.54, 1.807) is 11.3 Å². The van der Waals surface area contributed by atoms with E-state index in [0.29, 0.717) is 6.42 Å². The Morgan fingerprint density at radius 2 is 2.17 bits per heavy atom. The number of rotatable bonds is 6. The molecule has 1 aliphatic rings. The highest BCUT2D eigenvalue weighted by Crippen LogP contribution is 2.27. The molecule has 1 aromatic heterocycles. The van der Waals surface area contributed by atoms with Crippen molar-refractivity contribution in [3.8, 4) is 0 Å². The van der Waals surface area contributed by atoms with Crippen LogP contribution < -0.4 is 5.32 Å². The molecule has 0 radical (unpaired) electrons. The van der Waals surface area contributed by atoms with Crippen molar-refractivity contribution < 1.29 is 4.79 Å². The summed E-state index contributed by atoms with van der Waals surface area (Å²) < 4.78 is 0. The lowest BCUT2D eigenvalue weighted by Gasteiger charge is -2.20. The number of amides is 1. The second kappa shape index (κ2) is 7.57. The van der Waals surface area contributed by atoms with Gasteiger partial charge in [0.15, 0.2) is 0 Å². The van der Waals surface area contributed by atoms with Gasteiger partial charge in [-0.2, -0.15) is 11.3 Å². The Kier molecular flexibility index (Phi) is 5.72. The molecule has 1 fully saturated rings. The fraction of sp³-hybridized carbons (Fsp3) is 0.667. The third-order valence-corrected chi connectivity index (χ3v) is 4.55. The minimum atomic E-state index is 0.232. The SMILES string of the molecule is O=C(CCC1CCCCC1)NCCc1ccsc1. The van der Waals surface area contributed by atoms with Crippen LogP contribution in [0, 0.1) is 5.92 Å². The summed E-state index contributed by atoms with van der Waals surface area (Å²) >= 11 is 1.71. The van der Waals surface area contributed by atoms with Gasteiger partial charge in [0.1, 0.15) is 0 Å². The molecule has 0 saturated heterocycles. The second-order valence-electron chi connectivity index (χ2n) is 5.27. The largest absolute Gasteiger partial charge is 0.356 e. The van der Waals surface area contributed by atoms with E-state index < -0.39 is 0 Å². The van der Waals surface area contributed by atoms with Crippen molar-refractivity contribution in [1.82, 2.24) is 5.32 Å². The van der Waals surface area contributed by atoms with E-state index in [1.807, 2.05) is 0 Å². The molecule has 18 heavy (non-hydrogen) atoms. The van der Waals surface area contributed by atoms with Crippen LogP contribution in [0.1, 0.15) is 50.5 Å². The van der Waals surface area contributed by atoms with Crippen molar-refractivity contribution in [2.24, 2.45) is 5.92 Å². The Morgan fingerprint density at radius 3 is 2.89 bits per heavy atom. The molecule has 1 amide bonds. The molecule has 2 rings (SSSR count). The maximum Gasteiger partial charge on any atom is 0.220 e. The lowest BCUT2D eigenvalue weighted by Crippen LogP contribution is -2.26. The van der Waals surface area contributed by atoms with Gasteiger partial charge in [0.25, 0.3) is 0 Å². The van der Waals surface area contributed by atoms with Crippen LogP contribution in [0.2, 0.25) is 0 Å². The maximum absolute atomic E-state index is 11.7. The van der Waals surface area contributed by atoms with Crippen LogP contribution in [0.5, 0.6) is 0 Å². The molecular weight excluding hydrogens is 242 g/mol. The van der Waals surface area contributed by atoms with Gasteiger partial charge >= 0.3 is 0 Å². The number of carbonyl (C=O) groups is 1. The van der Waals surface area contributed by atoms with Gasteiger partial charge in [-0.1, -0.05) is 32.1 Å². The number of thiophene rings is 1. The highest BCUT2D eigenvalue weighted by molar-refractivity contribution is 7.07. The highest BCUT2D eigenvalue weighted by Gasteiger charge is 2.14. The molecule has 0 atom stereocenters. The van der Waals surface area contributed by atoms with Crippen LogP contribution in [0.3, 0.4) is 0 Å². The first-order valence-electron chi connectivity index (χ1n) is 7.12. The Bertz CT molecular complexity index is 341. The molecule has 0 unspecified atom stereocenters. The van der Waals surface area contributed by atoms with Gasteiger partial charge < -0.3 is 5.32 Å². The van der Waals surface area contributed by atoms with Crippen LogP contribution in [0.25, 0.3) is 0 Å². The monoisotopic (exact) mass is 265 g/mol. The zero-order valence-corrected chi connectivity index (χ0v) is 11.8. The quantitative estimate of drug-likeness (QED) is 0.833. The molecule has 3 heteroatoms. The van der Waals surface area contributed by atoms with Gasteiger partial charge in [0, 0.05) is 13.0 Å². The highest BCUT2D eigenvalue weighted by atomic mass is 32.1. The van der Waals surface area contributed by atoms with Gasteiger partial charge in [0.05, 0.1) is 0 Å². The maximum atomic E-state index is 11.7. The van der Waals surface area contributed by atoms with E-state index in [0.717, 1.165) is 25.3 Å². The molecule has 2 nitrogen and oxygen atoms in total. The summed E-state index contributed by atoms with van der Waals surface area (Å²) in [7, 11) is 0. The van der Waals surface area contributed by atoms with Crippen LogP contribution in [0.15, 0.2) is 16.8 Å². The average molecular weight is 265 g/mol. The summed E-state index contributed by atoms with van der Waals surface area (Å²) in [4.78, 5) is 11.7. The lowest BCUT2D eigenvalue weighted by molar-refractivity contribution is -0.121. The van der Waals surface area contributed by atoms with Gasteiger partial charge in [-0.3, -0.25) is 4.79 Å². The summed E-state index contributed by atoms with van der Waals surface area (Å²) in [5.41, 5.74) is 1.33. The molecule has 1 N–H and O–H groups in total. The number of nitrogens with one attached hydrogen (secondary N) is 1. The third-order valence-electron chi connectivity index (χ3n) is 3.82. The fourth-order valence-corrected chi connectivity index (χ4v) is 3.38. The van der Waals surface area contributed by atoms with Gasteiger partial charge in [-0.25, -0.2) is 0 Å². The first-order chi connectivity index (χ1) is 8.84. The molecule has 1 aromatic rings. The average Bonchev–Trinajstić information content (AvgIpc) is 2.91. The zero-order chi connectivity index (χ0) is 12.6. The smallest absolute Gasteiger partial charge is 0.220 e. The van der Waals surface area contributed by atoms with Crippen LogP contribution in [0.4, 0.5) is 0 Å².